The van der Waals surface area contributed by atoms with Crippen LogP contribution in [0.25, 0.3) is 132 Å². The molecule has 64 heavy (non-hydrogen) atoms. The van der Waals surface area contributed by atoms with E-state index in [1.165, 1.54) is 43.6 Å². The summed E-state index contributed by atoms with van der Waals surface area (Å²) in [6.45, 7) is 0. The molecule has 0 amide bonds. The summed E-state index contributed by atoms with van der Waals surface area (Å²) in [5.41, 5.74) is 17.1. The van der Waals surface area contributed by atoms with Gasteiger partial charge in [0.2, 0.25) is 0 Å². The first-order valence-corrected chi connectivity index (χ1v) is 21.8. The average molecular weight is 817 g/mol. The van der Waals surface area contributed by atoms with Crippen molar-refractivity contribution in [1.29, 1.82) is 0 Å². The third-order valence-corrected chi connectivity index (χ3v) is 13.3. The minimum absolute atomic E-state index is 0.883. The lowest BCUT2D eigenvalue weighted by molar-refractivity contribution is 0.668. The molecule has 0 atom stereocenters. The van der Waals surface area contributed by atoms with Gasteiger partial charge in [-0.25, -0.2) is 0 Å². The van der Waals surface area contributed by atoms with Crippen LogP contribution in [0.2, 0.25) is 0 Å². The van der Waals surface area contributed by atoms with Crippen LogP contribution < -0.4 is 0 Å². The first-order valence-electron chi connectivity index (χ1n) is 21.8. The maximum Gasteiger partial charge on any atom is 0.135 e. The molecule has 0 aliphatic carbocycles. The van der Waals surface area contributed by atoms with Crippen molar-refractivity contribution in [3.8, 4) is 44.8 Å². The quantitative estimate of drug-likeness (QED) is 0.173. The van der Waals surface area contributed by atoms with Gasteiger partial charge >= 0.3 is 0 Å². The number of benzene rings is 10. The van der Waals surface area contributed by atoms with E-state index < -0.39 is 0 Å². The highest BCUT2D eigenvalue weighted by Crippen LogP contribution is 2.42. The molecule has 0 bridgehead atoms. The molecular weight excluding hydrogens is 781 g/mol. The Bertz CT molecular complexity index is 3840. The molecular formula is C60H36N2O2. The van der Waals surface area contributed by atoms with Crippen LogP contribution in [0.15, 0.2) is 227 Å². The molecule has 0 N–H and O–H groups in total. The first-order chi connectivity index (χ1) is 31.7. The predicted octanol–water partition coefficient (Wildman–Crippen LogP) is 16.7. The number of nitrogens with zero attached hydrogens (tertiary/aromatic N) is 2. The molecule has 14 aromatic rings. The van der Waals surface area contributed by atoms with Gasteiger partial charge in [0.25, 0.3) is 0 Å². The van der Waals surface area contributed by atoms with E-state index in [1.807, 2.05) is 24.3 Å². The van der Waals surface area contributed by atoms with Crippen molar-refractivity contribution in [2.24, 2.45) is 0 Å². The topological polar surface area (TPSA) is 36.1 Å². The highest BCUT2D eigenvalue weighted by Gasteiger charge is 2.19. The van der Waals surface area contributed by atoms with Crippen molar-refractivity contribution in [2.75, 3.05) is 0 Å². The molecule has 0 aliphatic heterocycles. The van der Waals surface area contributed by atoms with E-state index in [4.69, 9.17) is 8.83 Å². The fourth-order valence-corrected chi connectivity index (χ4v) is 10.4. The summed E-state index contributed by atoms with van der Waals surface area (Å²) in [6.07, 6.45) is 0. The van der Waals surface area contributed by atoms with Crippen LogP contribution in [0.3, 0.4) is 0 Å². The Morgan fingerprint density at radius 2 is 0.531 bits per heavy atom. The van der Waals surface area contributed by atoms with Crippen LogP contribution in [-0.4, -0.2) is 9.13 Å². The van der Waals surface area contributed by atoms with E-state index in [-0.39, 0.29) is 0 Å². The summed E-state index contributed by atoms with van der Waals surface area (Å²) in [5, 5.41) is 9.37. The highest BCUT2D eigenvalue weighted by atomic mass is 16.3. The number of hydrogen-bond donors (Lipinski definition) is 0. The minimum Gasteiger partial charge on any atom is -0.456 e. The van der Waals surface area contributed by atoms with E-state index in [0.717, 1.165) is 88.6 Å². The Hall–Kier alpha value is -8.60. The SMILES string of the molecule is c1ccc2c(c1)oc1ccc(-c3cc(-c4cc(-n5c6ccccc6c6ccccc65)cc(-n5c6ccccc6c6ccccc65)c4)cc(-c4ccc5oc6ccccc6c5c4)c3)cc12. The molecule has 4 aromatic heterocycles. The van der Waals surface area contributed by atoms with E-state index >= 15 is 0 Å². The van der Waals surface area contributed by atoms with Crippen LogP contribution in [0.1, 0.15) is 0 Å². The molecule has 4 nitrogen and oxygen atoms in total. The lowest BCUT2D eigenvalue weighted by atomic mass is 9.92. The van der Waals surface area contributed by atoms with Gasteiger partial charge in [-0.3, -0.25) is 0 Å². The molecule has 10 aromatic carbocycles. The fraction of sp³-hybridized carbons (Fsp3) is 0. The van der Waals surface area contributed by atoms with Crippen molar-refractivity contribution in [3.05, 3.63) is 218 Å². The van der Waals surface area contributed by atoms with Crippen molar-refractivity contribution in [1.82, 2.24) is 9.13 Å². The third kappa shape index (κ3) is 5.23. The summed E-state index contributed by atoms with van der Waals surface area (Å²) in [5.74, 6) is 0. The summed E-state index contributed by atoms with van der Waals surface area (Å²) < 4.78 is 17.5. The zero-order valence-electron chi connectivity index (χ0n) is 34.5. The van der Waals surface area contributed by atoms with E-state index in [0.29, 0.717) is 0 Å². The Morgan fingerprint density at radius 1 is 0.219 bits per heavy atom. The summed E-state index contributed by atoms with van der Waals surface area (Å²) in [6, 6.07) is 79.0. The number of rotatable bonds is 5. The molecule has 0 saturated carbocycles. The van der Waals surface area contributed by atoms with Crippen LogP contribution in [-0.2, 0) is 0 Å². The highest BCUT2D eigenvalue weighted by molar-refractivity contribution is 6.12. The van der Waals surface area contributed by atoms with Crippen LogP contribution in [0, 0.1) is 0 Å². The van der Waals surface area contributed by atoms with Crippen LogP contribution in [0.4, 0.5) is 0 Å². The molecule has 0 saturated heterocycles. The van der Waals surface area contributed by atoms with Gasteiger partial charge in [-0.2, -0.15) is 0 Å². The van der Waals surface area contributed by atoms with E-state index in [2.05, 4.69) is 203 Å². The predicted molar refractivity (Wildman–Crippen MR) is 266 cm³/mol. The van der Waals surface area contributed by atoms with Crippen molar-refractivity contribution >= 4 is 87.5 Å². The summed E-state index contributed by atoms with van der Waals surface area (Å²) >= 11 is 0. The number of aromatic nitrogens is 2. The average Bonchev–Trinajstić information content (AvgIpc) is 4.11. The molecule has 4 heteroatoms. The van der Waals surface area contributed by atoms with Crippen molar-refractivity contribution in [3.63, 3.8) is 0 Å². The Morgan fingerprint density at radius 3 is 0.938 bits per heavy atom. The molecule has 0 radical (unpaired) electrons. The van der Waals surface area contributed by atoms with Gasteiger partial charge in [0.15, 0.2) is 0 Å². The number of furan rings is 2. The number of fused-ring (bicyclic) bond motifs is 12. The van der Waals surface area contributed by atoms with Crippen LogP contribution in [0.5, 0.6) is 0 Å². The molecule has 0 aliphatic rings. The summed E-state index contributed by atoms with van der Waals surface area (Å²) in [4.78, 5) is 0. The normalized spacial score (nSPS) is 12.1. The Kier molecular flexibility index (Phi) is 7.36. The van der Waals surface area contributed by atoms with E-state index in [9.17, 15) is 0 Å². The second-order valence-electron chi connectivity index (χ2n) is 16.9. The first kappa shape index (κ1) is 35.0. The maximum absolute atomic E-state index is 6.30. The van der Waals surface area contributed by atoms with Gasteiger partial charge in [-0.1, -0.05) is 121 Å². The summed E-state index contributed by atoms with van der Waals surface area (Å²) in [7, 11) is 0. The fourth-order valence-electron chi connectivity index (χ4n) is 10.4. The van der Waals surface area contributed by atoms with Gasteiger partial charge in [0, 0.05) is 54.5 Å². The van der Waals surface area contributed by atoms with Gasteiger partial charge in [0.05, 0.1) is 22.1 Å². The van der Waals surface area contributed by atoms with Crippen molar-refractivity contribution < 1.29 is 8.83 Å². The molecule has 298 valence electrons. The third-order valence-electron chi connectivity index (χ3n) is 13.3. The lowest BCUT2D eigenvalue weighted by Gasteiger charge is -2.17. The Balaban J connectivity index is 1.07. The number of para-hydroxylation sites is 6. The van der Waals surface area contributed by atoms with Gasteiger partial charge in [-0.15, -0.1) is 0 Å². The molecule has 0 unspecified atom stereocenters. The zero-order chi connectivity index (χ0) is 41.9. The minimum atomic E-state index is 0.883. The standard InChI is InChI=1S/C60H36N2O2/c1-7-19-53-45(13-1)46-14-2-8-20-54(46)61(53)43-32-42(33-44(36-43)62-55-21-9-3-15-47(55)48-16-4-10-22-56(48)62)41-30-39(37-25-27-59-51(34-37)49-17-5-11-23-57(49)63-59)29-40(31-41)38-26-28-60-52(35-38)50-18-6-12-24-58(50)64-60/h1-36H. The van der Waals surface area contributed by atoms with Crippen molar-refractivity contribution in [2.45, 2.75) is 0 Å². The van der Waals surface area contributed by atoms with Gasteiger partial charge in [-0.05, 0) is 130 Å². The zero-order valence-corrected chi connectivity index (χ0v) is 34.5. The monoisotopic (exact) mass is 816 g/mol. The maximum atomic E-state index is 6.30. The molecule has 14 rings (SSSR count). The van der Waals surface area contributed by atoms with Gasteiger partial charge < -0.3 is 18.0 Å². The smallest absolute Gasteiger partial charge is 0.135 e. The molecule has 0 spiro atoms. The number of hydrogen-bond acceptors (Lipinski definition) is 2. The largest absolute Gasteiger partial charge is 0.456 e. The Labute approximate surface area is 367 Å². The second-order valence-corrected chi connectivity index (χ2v) is 16.9. The van der Waals surface area contributed by atoms with Crippen LogP contribution >= 0.6 is 0 Å². The molecule has 0 fully saturated rings. The van der Waals surface area contributed by atoms with Gasteiger partial charge in [0.1, 0.15) is 22.3 Å². The molecule has 4 heterocycles. The van der Waals surface area contributed by atoms with E-state index in [1.54, 1.807) is 0 Å². The lowest BCUT2D eigenvalue weighted by Crippen LogP contribution is -2.00. The second kappa shape index (κ2) is 13.4.